The predicted octanol–water partition coefficient (Wildman–Crippen LogP) is 3.73. The number of rotatable bonds is 8. The predicted molar refractivity (Wildman–Crippen MR) is 128 cm³/mol. The summed E-state index contributed by atoms with van der Waals surface area (Å²) in [6, 6.07) is 9.41. The van der Waals surface area contributed by atoms with Crippen LogP contribution in [0.15, 0.2) is 28.8 Å². The van der Waals surface area contributed by atoms with E-state index in [4.69, 9.17) is 9.26 Å². The van der Waals surface area contributed by atoms with Crippen LogP contribution in [0.2, 0.25) is 0 Å². The Bertz CT molecular complexity index is 882. The van der Waals surface area contributed by atoms with Gasteiger partial charge in [0.05, 0.1) is 7.11 Å². The minimum atomic E-state index is 0.0538. The number of ether oxygens (including phenoxy) is 1. The van der Waals surface area contributed by atoms with Crippen LogP contribution in [0.1, 0.15) is 52.4 Å². The van der Waals surface area contributed by atoms with Crippen molar-refractivity contribution in [3.63, 3.8) is 0 Å². The van der Waals surface area contributed by atoms with E-state index >= 15 is 0 Å². The van der Waals surface area contributed by atoms with E-state index in [1.807, 2.05) is 24.3 Å². The summed E-state index contributed by atoms with van der Waals surface area (Å²) in [7, 11) is 1.64. The van der Waals surface area contributed by atoms with E-state index in [0.717, 1.165) is 56.8 Å². The molecule has 0 aliphatic carbocycles. The van der Waals surface area contributed by atoms with Crippen molar-refractivity contribution in [1.29, 1.82) is 0 Å². The minimum Gasteiger partial charge on any atom is -0.497 e. The zero-order chi connectivity index (χ0) is 23.2. The first-order chi connectivity index (χ1) is 16.0. The number of piperidine rings is 2. The number of benzene rings is 1. The molecule has 2 fully saturated rings. The molecule has 8 nitrogen and oxygen atoms in total. The molecule has 180 valence electrons. The van der Waals surface area contributed by atoms with Gasteiger partial charge in [0.2, 0.25) is 11.7 Å². The topological polar surface area (TPSA) is 83.7 Å². The Hall–Kier alpha value is -2.61. The average Bonchev–Trinajstić information content (AvgIpc) is 3.34. The molecule has 2 aliphatic heterocycles. The zero-order valence-corrected chi connectivity index (χ0v) is 20.1. The highest BCUT2D eigenvalue weighted by molar-refractivity contribution is 5.78. The number of nitrogens with one attached hydrogen (secondary N) is 1. The molecule has 2 aromatic rings. The quantitative estimate of drug-likeness (QED) is 0.607. The Morgan fingerprint density at radius 3 is 2.48 bits per heavy atom. The molecule has 0 saturated carbocycles. The molecule has 0 radical (unpaired) electrons. The fourth-order valence-corrected chi connectivity index (χ4v) is 5.07. The lowest BCUT2D eigenvalue weighted by molar-refractivity contribution is -0.125. The van der Waals surface area contributed by atoms with Gasteiger partial charge in [-0.25, -0.2) is 0 Å². The lowest BCUT2D eigenvalue weighted by Crippen LogP contribution is -2.45. The molecule has 1 N–H and O–H groups in total. The summed E-state index contributed by atoms with van der Waals surface area (Å²) in [5.74, 6) is 1.58. The summed E-state index contributed by atoms with van der Waals surface area (Å²) in [4.78, 5) is 21.9. The van der Waals surface area contributed by atoms with E-state index < -0.39 is 0 Å². The number of hydrogen-bond donors (Lipinski definition) is 1. The van der Waals surface area contributed by atoms with Gasteiger partial charge in [-0.15, -0.1) is 0 Å². The van der Waals surface area contributed by atoms with E-state index in [1.54, 1.807) is 7.11 Å². The second kappa shape index (κ2) is 11.0. The van der Waals surface area contributed by atoms with E-state index in [1.165, 1.54) is 19.3 Å². The molecule has 4 rings (SSSR count). The third-order valence-electron chi connectivity index (χ3n) is 7.17. The largest absolute Gasteiger partial charge is 0.497 e. The molecule has 2 aliphatic rings. The monoisotopic (exact) mass is 455 g/mol. The Kier molecular flexibility index (Phi) is 7.85. The van der Waals surface area contributed by atoms with Crippen LogP contribution in [-0.4, -0.2) is 66.3 Å². The maximum atomic E-state index is 12.7. The van der Waals surface area contributed by atoms with Gasteiger partial charge >= 0.3 is 6.01 Å². The maximum absolute atomic E-state index is 12.7. The first-order valence-corrected chi connectivity index (χ1v) is 12.3. The second-order valence-electron chi connectivity index (χ2n) is 9.40. The molecule has 2 saturated heterocycles. The minimum absolute atomic E-state index is 0.0538. The number of hydrogen-bond acceptors (Lipinski definition) is 7. The molecular weight excluding hydrogens is 418 g/mol. The smallest absolute Gasteiger partial charge is 0.324 e. The number of likely N-dealkylation sites (tertiary alicyclic amines) is 1. The lowest BCUT2D eigenvalue weighted by Gasteiger charge is -2.39. The Labute approximate surface area is 196 Å². The van der Waals surface area contributed by atoms with Crippen molar-refractivity contribution in [1.82, 2.24) is 20.4 Å². The fourth-order valence-electron chi connectivity index (χ4n) is 5.07. The Morgan fingerprint density at radius 1 is 1.12 bits per heavy atom. The number of carbonyl (C=O) groups is 1. The van der Waals surface area contributed by atoms with Gasteiger partial charge in [0.15, 0.2) is 0 Å². The normalized spacial score (nSPS) is 22.3. The number of aromatic nitrogens is 2. The summed E-state index contributed by atoms with van der Waals surface area (Å²) >= 11 is 0. The standard InChI is InChI=1S/C25H37N5O3/c1-18-6-4-7-19(2)30(18)15-5-14-26-24(31)21-12-16-29(17-13-21)25-27-23(28-33-25)20-8-10-22(32-3)11-9-20/h8-11,18-19,21H,4-7,12-17H2,1-3H3,(H,26,31)/t18-,19-/m1/s1. The molecule has 0 spiro atoms. The highest BCUT2D eigenvalue weighted by Gasteiger charge is 2.28. The average molecular weight is 456 g/mol. The summed E-state index contributed by atoms with van der Waals surface area (Å²) in [6.45, 7) is 7.95. The summed E-state index contributed by atoms with van der Waals surface area (Å²) < 4.78 is 10.7. The molecule has 1 aromatic heterocycles. The molecule has 8 heteroatoms. The number of anilines is 1. The van der Waals surface area contributed by atoms with Crippen LogP contribution in [0.3, 0.4) is 0 Å². The van der Waals surface area contributed by atoms with E-state index in [-0.39, 0.29) is 11.8 Å². The van der Waals surface area contributed by atoms with Crippen molar-refractivity contribution in [2.75, 3.05) is 38.2 Å². The number of nitrogens with zero attached hydrogens (tertiary/aromatic N) is 4. The lowest BCUT2D eigenvalue weighted by atomic mass is 9.96. The molecule has 3 heterocycles. The summed E-state index contributed by atoms with van der Waals surface area (Å²) in [6.07, 6.45) is 6.52. The third-order valence-corrected chi connectivity index (χ3v) is 7.17. The van der Waals surface area contributed by atoms with Gasteiger partial charge in [-0.2, -0.15) is 4.98 Å². The number of methoxy groups -OCH3 is 1. The van der Waals surface area contributed by atoms with Crippen LogP contribution in [-0.2, 0) is 4.79 Å². The highest BCUT2D eigenvalue weighted by Crippen LogP contribution is 2.26. The zero-order valence-electron chi connectivity index (χ0n) is 20.1. The molecule has 33 heavy (non-hydrogen) atoms. The van der Waals surface area contributed by atoms with Crippen LogP contribution >= 0.6 is 0 Å². The first kappa shape index (κ1) is 23.5. The van der Waals surface area contributed by atoms with Crippen molar-refractivity contribution in [3.8, 4) is 17.1 Å². The highest BCUT2D eigenvalue weighted by atomic mass is 16.5. The van der Waals surface area contributed by atoms with Gasteiger partial charge in [0.1, 0.15) is 5.75 Å². The maximum Gasteiger partial charge on any atom is 0.324 e. The second-order valence-corrected chi connectivity index (χ2v) is 9.40. The van der Waals surface area contributed by atoms with Gasteiger partial charge in [0.25, 0.3) is 0 Å². The fraction of sp³-hybridized carbons (Fsp3) is 0.640. The van der Waals surface area contributed by atoms with E-state index in [0.29, 0.717) is 23.9 Å². The van der Waals surface area contributed by atoms with Crippen LogP contribution in [0.25, 0.3) is 11.4 Å². The van der Waals surface area contributed by atoms with Gasteiger partial charge in [0, 0.05) is 49.7 Å². The van der Waals surface area contributed by atoms with Crippen molar-refractivity contribution in [2.45, 2.75) is 64.5 Å². The molecule has 0 bridgehead atoms. The molecule has 0 unspecified atom stereocenters. The molecule has 1 amide bonds. The summed E-state index contributed by atoms with van der Waals surface area (Å²) in [5.41, 5.74) is 0.883. The van der Waals surface area contributed by atoms with Gasteiger partial charge in [-0.1, -0.05) is 11.6 Å². The first-order valence-electron chi connectivity index (χ1n) is 12.3. The van der Waals surface area contributed by atoms with Crippen molar-refractivity contribution in [3.05, 3.63) is 24.3 Å². The third kappa shape index (κ3) is 5.85. The van der Waals surface area contributed by atoms with Crippen molar-refractivity contribution >= 4 is 11.9 Å². The summed E-state index contributed by atoms with van der Waals surface area (Å²) in [5, 5.41) is 7.28. The van der Waals surface area contributed by atoms with Gasteiger partial charge < -0.3 is 19.5 Å². The molecule has 1 aromatic carbocycles. The Balaban J connectivity index is 1.19. The number of carbonyl (C=O) groups excluding carboxylic acids is 1. The SMILES string of the molecule is COc1ccc(-c2noc(N3CCC(C(=O)NCCCN4[C@H](C)CCC[C@H]4C)CC3)n2)cc1. The van der Waals surface area contributed by atoms with E-state index in [2.05, 4.69) is 39.1 Å². The molecule has 2 atom stereocenters. The molecular formula is C25H37N5O3. The van der Waals surface area contributed by atoms with Crippen LogP contribution in [0, 0.1) is 5.92 Å². The van der Waals surface area contributed by atoms with Crippen LogP contribution in [0.5, 0.6) is 5.75 Å². The van der Waals surface area contributed by atoms with E-state index in [9.17, 15) is 4.79 Å². The van der Waals surface area contributed by atoms with Crippen molar-refractivity contribution in [2.24, 2.45) is 5.92 Å². The van der Waals surface area contributed by atoms with Crippen molar-refractivity contribution < 1.29 is 14.1 Å². The van der Waals surface area contributed by atoms with Crippen LogP contribution < -0.4 is 15.0 Å². The Morgan fingerprint density at radius 2 is 1.82 bits per heavy atom. The van der Waals surface area contributed by atoms with Gasteiger partial charge in [-0.05, 0) is 70.2 Å². The number of amides is 1. The van der Waals surface area contributed by atoms with Crippen LogP contribution in [0.4, 0.5) is 6.01 Å². The van der Waals surface area contributed by atoms with Gasteiger partial charge in [-0.3, -0.25) is 9.69 Å².